The largest absolute Gasteiger partial charge is 0.508 e. The minimum Gasteiger partial charge on any atom is -0.508 e. The lowest BCUT2D eigenvalue weighted by Crippen LogP contribution is -2.27. The number of hydrogen-bond donors (Lipinski definition) is 2. The molecule has 2 aromatic rings. The summed E-state index contributed by atoms with van der Waals surface area (Å²) in [6.45, 7) is 5.35. The van der Waals surface area contributed by atoms with Crippen molar-refractivity contribution in [3.05, 3.63) is 48.3 Å². The summed E-state index contributed by atoms with van der Waals surface area (Å²) in [4.78, 5) is 11.7. The molecule has 0 heterocycles. The predicted octanol–water partition coefficient (Wildman–Crippen LogP) is 4.55. The maximum absolute atomic E-state index is 13.3. The molecule has 0 aromatic heterocycles. The van der Waals surface area contributed by atoms with E-state index >= 15 is 0 Å². The minimum absolute atomic E-state index is 0.133. The van der Waals surface area contributed by atoms with Gasteiger partial charge in [0.1, 0.15) is 17.2 Å². The van der Waals surface area contributed by atoms with Gasteiger partial charge in [0.15, 0.2) is 0 Å². The molecule has 0 radical (unpaired) electrons. The van der Waals surface area contributed by atoms with Gasteiger partial charge in [0.2, 0.25) is 0 Å². The van der Waals surface area contributed by atoms with E-state index in [4.69, 9.17) is 4.74 Å². The molecular formula is C17H18FNO3. The molecule has 5 heteroatoms. The molecule has 0 bridgehead atoms. The van der Waals surface area contributed by atoms with E-state index in [0.717, 1.165) is 11.6 Å². The number of amides is 1. The van der Waals surface area contributed by atoms with E-state index in [9.17, 15) is 14.3 Å². The highest BCUT2D eigenvalue weighted by molar-refractivity contribution is 5.85. The first kappa shape index (κ1) is 15.8. The highest BCUT2D eigenvalue weighted by Crippen LogP contribution is 2.26. The highest BCUT2D eigenvalue weighted by Gasteiger charge is 2.16. The van der Waals surface area contributed by atoms with Crippen molar-refractivity contribution in [2.24, 2.45) is 0 Å². The monoisotopic (exact) mass is 303 g/mol. The van der Waals surface area contributed by atoms with Crippen LogP contribution in [0.25, 0.3) is 11.1 Å². The Balaban J connectivity index is 2.12. The van der Waals surface area contributed by atoms with Gasteiger partial charge in [-0.25, -0.2) is 9.18 Å². The Hall–Kier alpha value is -2.56. The third-order valence-electron chi connectivity index (χ3n) is 2.75. The van der Waals surface area contributed by atoms with E-state index in [2.05, 4.69) is 5.32 Å². The normalized spacial score (nSPS) is 11.1. The molecule has 0 unspecified atom stereocenters. The molecule has 0 spiro atoms. The van der Waals surface area contributed by atoms with Crippen LogP contribution in [0.5, 0.6) is 5.75 Å². The Morgan fingerprint density at radius 3 is 2.27 bits per heavy atom. The Kier molecular flexibility index (Phi) is 4.35. The molecular weight excluding hydrogens is 285 g/mol. The molecule has 0 saturated carbocycles. The Morgan fingerprint density at radius 2 is 1.73 bits per heavy atom. The van der Waals surface area contributed by atoms with E-state index in [1.54, 1.807) is 45.0 Å². The predicted molar refractivity (Wildman–Crippen MR) is 83.4 cm³/mol. The van der Waals surface area contributed by atoms with Crippen LogP contribution in [0.2, 0.25) is 0 Å². The fourth-order valence-corrected chi connectivity index (χ4v) is 1.91. The number of hydrogen-bond acceptors (Lipinski definition) is 3. The van der Waals surface area contributed by atoms with Crippen LogP contribution in [0.1, 0.15) is 20.8 Å². The molecule has 0 aliphatic heterocycles. The molecule has 2 aromatic carbocycles. The zero-order chi connectivity index (χ0) is 16.3. The second kappa shape index (κ2) is 6.05. The maximum Gasteiger partial charge on any atom is 0.412 e. The van der Waals surface area contributed by atoms with Crippen LogP contribution < -0.4 is 5.32 Å². The van der Waals surface area contributed by atoms with Crippen LogP contribution in [0.15, 0.2) is 42.5 Å². The topological polar surface area (TPSA) is 58.6 Å². The summed E-state index contributed by atoms with van der Waals surface area (Å²) in [7, 11) is 0. The second-order valence-corrected chi connectivity index (χ2v) is 5.90. The summed E-state index contributed by atoms with van der Waals surface area (Å²) in [6.07, 6.45) is -0.538. The number of phenolic OH excluding ortho intramolecular Hbond substituents is 1. The molecule has 0 fully saturated rings. The summed E-state index contributed by atoms with van der Waals surface area (Å²) >= 11 is 0. The molecule has 0 aliphatic carbocycles. The zero-order valence-corrected chi connectivity index (χ0v) is 12.7. The molecule has 4 nitrogen and oxygen atoms in total. The average Bonchev–Trinajstić information content (AvgIpc) is 2.36. The lowest BCUT2D eigenvalue weighted by Gasteiger charge is -2.19. The van der Waals surface area contributed by atoms with Gasteiger partial charge in [0.25, 0.3) is 0 Å². The van der Waals surface area contributed by atoms with Crippen molar-refractivity contribution in [2.75, 3.05) is 5.32 Å². The van der Waals surface area contributed by atoms with Crippen molar-refractivity contribution in [3.63, 3.8) is 0 Å². The molecule has 2 N–H and O–H groups in total. The first-order valence-corrected chi connectivity index (χ1v) is 6.83. The standard InChI is InChI=1S/C17H18FNO3/c1-17(2,3)22-16(21)19-14-6-4-11(5-7-14)12-8-13(18)10-15(20)9-12/h4-10,20H,1-3H3,(H,19,21). The average molecular weight is 303 g/mol. The number of rotatable bonds is 2. The smallest absolute Gasteiger partial charge is 0.412 e. The van der Waals surface area contributed by atoms with Crippen molar-refractivity contribution < 1.29 is 19.0 Å². The maximum atomic E-state index is 13.3. The number of ether oxygens (including phenoxy) is 1. The number of carbonyl (C=O) groups is 1. The van der Waals surface area contributed by atoms with Crippen LogP contribution in [0, 0.1) is 5.82 Å². The lowest BCUT2D eigenvalue weighted by atomic mass is 10.0. The van der Waals surface area contributed by atoms with Gasteiger partial charge in [0.05, 0.1) is 0 Å². The van der Waals surface area contributed by atoms with Crippen molar-refractivity contribution >= 4 is 11.8 Å². The van der Waals surface area contributed by atoms with Crippen LogP contribution in [-0.4, -0.2) is 16.8 Å². The molecule has 1 amide bonds. The fraction of sp³-hybridized carbons (Fsp3) is 0.235. The van der Waals surface area contributed by atoms with Crippen molar-refractivity contribution in [1.82, 2.24) is 0 Å². The first-order valence-electron chi connectivity index (χ1n) is 6.83. The van der Waals surface area contributed by atoms with Gasteiger partial charge in [-0.1, -0.05) is 12.1 Å². The number of halogens is 1. The first-order chi connectivity index (χ1) is 10.2. The number of benzene rings is 2. The van der Waals surface area contributed by atoms with Gasteiger partial charge < -0.3 is 9.84 Å². The van der Waals surface area contributed by atoms with E-state index in [0.29, 0.717) is 11.3 Å². The summed E-state index contributed by atoms with van der Waals surface area (Å²) in [5.41, 5.74) is 1.29. The Morgan fingerprint density at radius 1 is 1.09 bits per heavy atom. The number of aromatic hydroxyl groups is 1. The van der Waals surface area contributed by atoms with Crippen molar-refractivity contribution in [3.8, 4) is 16.9 Å². The molecule has 0 aliphatic rings. The van der Waals surface area contributed by atoms with E-state index in [1.165, 1.54) is 12.1 Å². The van der Waals surface area contributed by atoms with E-state index in [1.807, 2.05) is 0 Å². The van der Waals surface area contributed by atoms with Gasteiger partial charge >= 0.3 is 6.09 Å². The van der Waals surface area contributed by atoms with Gasteiger partial charge in [-0.05, 0) is 56.2 Å². The number of nitrogens with one attached hydrogen (secondary N) is 1. The van der Waals surface area contributed by atoms with Gasteiger partial charge in [0, 0.05) is 11.8 Å². The summed E-state index contributed by atoms with van der Waals surface area (Å²) in [5.74, 6) is -0.642. The van der Waals surface area contributed by atoms with Crippen LogP contribution in [0.4, 0.5) is 14.9 Å². The number of phenols is 1. The minimum atomic E-state index is -0.566. The SMILES string of the molecule is CC(C)(C)OC(=O)Nc1ccc(-c2cc(O)cc(F)c2)cc1. The van der Waals surface area contributed by atoms with Crippen molar-refractivity contribution in [1.29, 1.82) is 0 Å². The third kappa shape index (κ3) is 4.48. The molecule has 0 saturated heterocycles. The zero-order valence-electron chi connectivity index (χ0n) is 12.7. The number of anilines is 1. The lowest BCUT2D eigenvalue weighted by molar-refractivity contribution is 0.0636. The van der Waals surface area contributed by atoms with Crippen LogP contribution >= 0.6 is 0 Å². The summed E-state index contributed by atoms with van der Waals surface area (Å²) < 4.78 is 18.4. The van der Waals surface area contributed by atoms with Gasteiger partial charge in [-0.2, -0.15) is 0 Å². The quantitative estimate of drug-likeness (QED) is 0.856. The van der Waals surface area contributed by atoms with E-state index in [-0.39, 0.29) is 5.75 Å². The van der Waals surface area contributed by atoms with Crippen LogP contribution in [-0.2, 0) is 4.74 Å². The van der Waals surface area contributed by atoms with E-state index < -0.39 is 17.5 Å². The number of carbonyl (C=O) groups excluding carboxylic acids is 1. The molecule has 0 atom stereocenters. The molecule has 116 valence electrons. The third-order valence-corrected chi connectivity index (χ3v) is 2.75. The van der Waals surface area contributed by atoms with Gasteiger partial charge in [-0.3, -0.25) is 5.32 Å². The fourth-order valence-electron chi connectivity index (χ4n) is 1.91. The molecule has 22 heavy (non-hydrogen) atoms. The van der Waals surface area contributed by atoms with Crippen molar-refractivity contribution in [2.45, 2.75) is 26.4 Å². The Labute approximate surface area is 128 Å². The molecule has 2 rings (SSSR count). The highest BCUT2D eigenvalue weighted by atomic mass is 19.1. The summed E-state index contributed by atoms with van der Waals surface area (Å²) in [5, 5.41) is 12.0. The Bertz CT molecular complexity index is 655. The van der Waals surface area contributed by atoms with Gasteiger partial charge in [-0.15, -0.1) is 0 Å². The van der Waals surface area contributed by atoms with Crippen LogP contribution in [0.3, 0.4) is 0 Å². The summed E-state index contributed by atoms with van der Waals surface area (Å²) in [6, 6.07) is 10.7. The second-order valence-electron chi connectivity index (χ2n) is 5.90.